The quantitative estimate of drug-likeness (QED) is 0.634. The summed E-state index contributed by atoms with van der Waals surface area (Å²) < 4.78 is 16.9. The third kappa shape index (κ3) is 3.97. The SMILES string of the molecule is CCC[C@]1(C)CCC/C(=C/c2cnc(-c3ccc(-n4ccnc4)cc3O)nn2)[C@@H]1F. The molecule has 0 saturated heterocycles. The lowest BCUT2D eigenvalue weighted by molar-refractivity contribution is 0.105. The van der Waals surface area contributed by atoms with Gasteiger partial charge >= 0.3 is 0 Å². The second-order valence-corrected chi connectivity index (χ2v) is 8.22. The summed E-state index contributed by atoms with van der Waals surface area (Å²) in [7, 11) is 0. The van der Waals surface area contributed by atoms with Crippen molar-refractivity contribution >= 4 is 6.08 Å². The maximum Gasteiger partial charge on any atom is 0.185 e. The van der Waals surface area contributed by atoms with Crippen molar-refractivity contribution in [3.63, 3.8) is 0 Å². The normalized spacial score (nSPS) is 23.0. The molecule has 0 spiro atoms. The van der Waals surface area contributed by atoms with E-state index in [9.17, 15) is 5.11 Å². The Morgan fingerprint density at radius 2 is 2.20 bits per heavy atom. The van der Waals surface area contributed by atoms with Gasteiger partial charge in [-0.05, 0) is 49.5 Å². The topological polar surface area (TPSA) is 76.7 Å². The predicted octanol–water partition coefficient (Wildman–Crippen LogP) is 5.14. The lowest BCUT2D eigenvalue weighted by Gasteiger charge is -2.38. The van der Waals surface area contributed by atoms with Crippen LogP contribution < -0.4 is 0 Å². The Bertz CT molecular complexity index is 1030. The highest BCUT2D eigenvalue weighted by Crippen LogP contribution is 2.44. The van der Waals surface area contributed by atoms with Gasteiger partial charge in [0.05, 0.1) is 23.8 Å². The first-order chi connectivity index (χ1) is 14.5. The number of halogens is 1. The molecule has 30 heavy (non-hydrogen) atoms. The highest BCUT2D eigenvalue weighted by atomic mass is 19.1. The number of hydrogen-bond donors (Lipinski definition) is 1. The monoisotopic (exact) mass is 407 g/mol. The molecule has 1 N–H and O–H groups in total. The standard InChI is InChI=1S/C23H26FN5O/c1-3-8-23(2)9-4-5-16(21(23)24)12-17-14-26-22(28-27-17)19-7-6-18(13-20(19)30)29-11-10-25-15-29/h6-7,10-15,21,30H,3-5,8-9H2,1-2H3/b16-12-/t21-,23+/m0/s1. The zero-order valence-corrected chi connectivity index (χ0v) is 17.3. The number of alkyl halides is 1. The van der Waals surface area contributed by atoms with Crippen LogP contribution in [0.5, 0.6) is 5.75 Å². The van der Waals surface area contributed by atoms with Gasteiger partial charge in [-0.3, -0.25) is 0 Å². The minimum absolute atomic E-state index is 0.0561. The van der Waals surface area contributed by atoms with Crippen LogP contribution in [0, 0.1) is 5.41 Å². The number of aromatic nitrogens is 5. The van der Waals surface area contributed by atoms with Crippen molar-refractivity contribution in [2.24, 2.45) is 5.41 Å². The lowest BCUT2D eigenvalue weighted by Crippen LogP contribution is -2.34. The van der Waals surface area contributed by atoms with E-state index in [0.29, 0.717) is 17.1 Å². The molecule has 1 fully saturated rings. The fourth-order valence-electron chi connectivity index (χ4n) is 4.31. The number of hydrogen-bond acceptors (Lipinski definition) is 5. The van der Waals surface area contributed by atoms with Crippen molar-refractivity contribution in [1.29, 1.82) is 0 Å². The molecule has 0 bridgehead atoms. The molecule has 6 nitrogen and oxygen atoms in total. The number of imidazole rings is 1. The van der Waals surface area contributed by atoms with Crippen LogP contribution in [-0.4, -0.2) is 36.0 Å². The highest BCUT2D eigenvalue weighted by molar-refractivity contribution is 5.66. The first-order valence-electron chi connectivity index (χ1n) is 10.4. The number of allylic oxidation sites excluding steroid dienone is 1. The molecular formula is C23H26FN5O. The van der Waals surface area contributed by atoms with Crippen molar-refractivity contribution in [2.75, 3.05) is 0 Å². The van der Waals surface area contributed by atoms with Gasteiger partial charge in [-0.25, -0.2) is 14.4 Å². The molecule has 0 radical (unpaired) electrons. The van der Waals surface area contributed by atoms with Gasteiger partial charge in [0.2, 0.25) is 0 Å². The van der Waals surface area contributed by atoms with Gasteiger partial charge in [0.25, 0.3) is 0 Å². The van der Waals surface area contributed by atoms with Crippen LogP contribution in [0.4, 0.5) is 4.39 Å². The summed E-state index contributed by atoms with van der Waals surface area (Å²) in [6, 6.07) is 5.22. The van der Waals surface area contributed by atoms with E-state index >= 15 is 4.39 Å². The van der Waals surface area contributed by atoms with Crippen LogP contribution in [0.15, 0.2) is 48.7 Å². The van der Waals surface area contributed by atoms with E-state index in [-0.39, 0.29) is 11.2 Å². The highest BCUT2D eigenvalue weighted by Gasteiger charge is 2.38. The molecule has 2 heterocycles. The van der Waals surface area contributed by atoms with Gasteiger partial charge in [-0.15, -0.1) is 10.2 Å². The molecule has 7 heteroatoms. The van der Waals surface area contributed by atoms with Crippen LogP contribution in [0.2, 0.25) is 0 Å². The second-order valence-electron chi connectivity index (χ2n) is 8.22. The fourth-order valence-corrected chi connectivity index (χ4v) is 4.31. The number of aromatic hydroxyl groups is 1. The Labute approximate surface area is 175 Å². The van der Waals surface area contributed by atoms with Gasteiger partial charge in [-0.1, -0.05) is 20.3 Å². The molecule has 2 aromatic heterocycles. The zero-order valence-electron chi connectivity index (χ0n) is 17.3. The molecule has 1 aromatic carbocycles. The Morgan fingerprint density at radius 1 is 1.33 bits per heavy atom. The minimum atomic E-state index is -0.965. The maximum atomic E-state index is 15.1. The van der Waals surface area contributed by atoms with Crippen molar-refractivity contribution < 1.29 is 9.50 Å². The average Bonchev–Trinajstić information content (AvgIpc) is 3.27. The molecule has 0 aliphatic heterocycles. The summed E-state index contributed by atoms with van der Waals surface area (Å²) >= 11 is 0. The van der Waals surface area contributed by atoms with Crippen LogP contribution in [0.25, 0.3) is 23.2 Å². The zero-order chi connectivity index (χ0) is 21.1. The largest absolute Gasteiger partial charge is 0.507 e. The first-order valence-corrected chi connectivity index (χ1v) is 10.4. The Hall–Kier alpha value is -3.09. The maximum absolute atomic E-state index is 15.1. The van der Waals surface area contributed by atoms with E-state index < -0.39 is 6.17 Å². The number of benzene rings is 1. The molecule has 0 amide bonds. The molecule has 2 atom stereocenters. The summed E-state index contributed by atoms with van der Waals surface area (Å²) in [5.41, 5.74) is 2.27. The van der Waals surface area contributed by atoms with Crippen LogP contribution in [0.1, 0.15) is 51.6 Å². The van der Waals surface area contributed by atoms with Crippen molar-refractivity contribution in [3.8, 4) is 22.8 Å². The van der Waals surface area contributed by atoms with Crippen LogP contribution >= 0.6 is 0 Å². The molecule has 0 unspecified atom stereocenters. The summed E-state index contributed by atoms with van der Waals surface area (Å²) in [6.07, 6.45) is 12.0. The first kappa shape index (κ1) is 20.2. The second kappa shape index (κ2) is 8.34. The third-order valence-corrected chi connectivity index (χ3v) is 5.91. The van der Waals surface area contributed by atoms with Gasteiger partial charge in [0.15, 0.2) is 5.82 Å². The molecule has 1 aliphatic rings. The Morgan fingerprint density at radius 3 is 2.87 bits per heavy atom. The van der Waals surface area contributed by atoms with Gasteiger partial charge in [0, 0.05) is 23.9 Å². The van der Waals surface area contributed by atoms with E-state index in [1.54, 1.807) is 47.7 Å². The average molecular weight is 407 g/mol. The van der Waals surface area contributed by atoms with Gasteiger partial charge in [0.1, 0.15) is 17.6 Å². The molecule has 156 valence electrons. The molecule has 1 aliphatic carbocycles. The summed E-state index contributed by atoms with van der Waals surface area (Å²) in [5.74, 6) is 0.378. The Balaban J connectivity index is 1.55. The number of rotatable bonds is 5. The predicted molar refractivity (Wildman–Crippen MR) is 114 cm³/mol. The van der Waals surface area contributed by atoms with Gasteiger partial charge < -0.3 is 9.67 Å². The summed E-state index contributed by atoms with van der Waals surface area (Å²) in [6.45, 7) is 4.14. The van der Waals surface area contributed by atoms with E-state index in [0.717, 1.165) is 43.4 Å². The number of phenolic OH excluding ortho intramolecular Hbond substituents is 1. The number of nitrogens with zero attached hydrogens (tertiary/aromatic N) is 5. The third-order valence-electron chi connectivity index (χ3n) is 5.91. The van der Waals surface area contributed by atoms with Crippen molar-refractivity contribution in [1.82, 2.24) is 24.7 Å². The smallest absolute Gasteiger partial charge is 0.185 e. The van der Waals surface area contributed by atoms with Gasteiger partial charge in [-0.2, -0.15) is 0 Å². The van der Waals surface area contributed by atoms with E-state index in [2.05, 4.69) is 27.1 Å². The van der Waals surface area contributed by atoms with E-state index in [1.165, 1.54) is 0 Å². The van der Waals surface area contributed by atoms with Crippen LogP contribution in [-0.2, 0) is 0 Å². The molecular weight excluding hydrogens is 381 g/mol. The summed E-state index contributed by atoms with van der Waals surface area (Å²) in [4.78, 5) is 8.35. The van der Waals surface area contributed by atoms with Crippen molar-refractivity contribution in [2.45, 2.75) is 52.1 Å². The summed E-state index contributed by atoms with van der Waals surface area (Å²) in [5, 5.41) is 18.8. The number of phenols is 1. The lowest BCUT2D eigenvalue weighted by atomic mass is 9.69. The molecule has 1 saturated carbocycles. The minimum Gasteiger partial charge on any atom is -0.507 e. The van der Waals surface area contributed by atoms with E-state index in [1.807, 2.05) is 13.0 Å². The van der Waals surface area contributed by atoms with E-state index in [4.69, 9.17) is 0 Å². The van der Waals surface area contributed by atoms with Crippen LogP contribution in [0.3, 0.4) is 0 Å². The molecule has 3 aromatic rings. The fraction of sp³-hybridized carbons (Fsp3) is 0.391. The Kier molecular flexibility index (Phi) is 5.61. The van der Waals surface area contributed by atoms with Crippen molar-refractivity contribution in [3.05, 3.63) is 54.4 Å². The molecule has 4 rings (SSSR count).